The molecule has 2 amide bonds. The highest BCUT2D eigenvalue weighted by Crippen LogP contribution is 2.33. The first-order valence-electron chi connectivity index (χ1n) is 8.69. The molecule has 2 heterocycles. The summed E-state index contributed by atoms with van der Waals surface area (Å²) in [6.45, 7) is 3.19. The number of urea groups is 1. The highest BCUT2D eigenvalue weighted by molar-refractivity contribution is 6.30. The van der Waals surface area contributed by atoms with Gasteiger partial charge in [-0.25, -0.2) is 4.79 Å². The number of benzene rings is 1. The van der Waals surface area contributed by atoms with Gasteiger partial charge < -0.3 is 20.2 Å². The first-order chi connectivity index (χ1) is 11.5. The molecule has 2 fully saturated rings. The first kappa shape index (κ1) is 17.5. The molecular weight excluding hydrogens is 326 g/mol. The fourth-order valence-corrected chi connectivity index (χ4v) is 3.67. The monoisotopic (exact) mass is 351 g/mol. The van der Waals surface area contributed by atoms with E-state index in [1.54, 1.807) is 12.1 Å². The van der Waals surface area contributed by atoms with E-state index in [-0.39, 0.29) is 12.1 Å². The van der Waals surface area contributed by atoms with Gasteiger partial charge in [-0.3, -0.25) is 0 Å². The molecule has 6 heteroatoms. The molecule has 5 nitrogen and oxygen atoms in total. The first-order valence-corrected chi connectivity index (χ1v) is 9.06. The number of hydrogen-bond acceptors (Lipinski definition) is 3. The average Bonchev–Trinajstić information content (AvgIpc) is 2.58. The van der Waals surface area contributed by atoms with Crippen molar-refractivity contribution in [3.05, 3.63) is 34.9 Å². The Kier molecular flexibility index (Phi) is 5.33. The lowest BCUT2D eigenvalue weighted by molar-refractivity contribution is -0.0171. The number of amides is 2. The van der Waals surface area contributed by atoms with Crippen molar-refractivity contribution in [2.45, 2.75) is 37.3 Å². The fraction of sp³-hybridized carbons (Fsp3) is 0.611. The van der Waals surface area contributed by atoms with Gasteiger partial charge in [0.2, 0.25) is 0 Å². The summed E-state index contributed by atoms with van der Waals surface area (Å²) >= 11 is 5.92. The van der Waals surface area contributed by atoms with Gasteiger partial charge in [0.25, 0.3) is 0 Å². The van der Waals surface area contributed by atoms with Crippen LogP contribution in [0.1, 0.15) is 31.2 Å². The summed E-state index contributed by atoms with van der Waals surface area (Å²) in [5.74, 6) is 0. The van der Waals surface area contributed by atoms with Gasteiger partial charge in [0.05, 0.1) is 5.60 Å². The Morgan fingerprint density at radius 3 is 2.33 bits per heavy atom. The molecule has 0 saturated carbocycles. The third-order valence-electron chi connectivity index (χ3n) is 5.31. The molecule has 0 bridgehead atoms. The van der Waals surface area contributed by atoms with E-state index in [1.165, 1.54) is 0 Å². The molecule has 24 heavy (non-hydrogen) atoms. The lowest BCUT2D eigenvalue weighted by Crippen LogP contribution is -2.52. The van der Waals surface area contributed by atoms with E-state index in [9.17, 15) is 9.90 Å². The third kappa shape index (κ3) is 4.02. The van der Waals surface area contributed by atoms with Crippen molar-refractivity contribution >= 4 is 17.6 Å². The molecule has 0 atom stereocenters. The number of aliphatic hydroxyl groups is 1. The van der Waals surface area contributed by atoms with Crippen LogP contribution >= 0.6 is 11.6 Å². The number of hydrogen-bond donors (Lipinski definition) is 2. The summed E-state index contributed by atoms with van der Waals surface area (Å²) in [7, 11) is 2.11. The summed E-state index contributed by atoms with van der Waals surface area (Å²) in [4.78, 5) is 16.6. The predicted molar refractivity (Wildman–Crippen MR) is 95.2 cm³/mol. The van der Waals surface area contributed by atoms with Gasteiger partial charge in [-0.05, 0) is 63.5 Å². The lowest BCUT2D eigenvalue weighted by Gasteiger charge is -2.39. The van der Waals surface area contributed by atoms with Crippen LogP contribution in [0.3, 0.4) is 0 Å². The molecule has 0 spiro atoms. The highest BCUT2D eigenvalue weighted by Gasteiger charge is 2.35. The summed E-state index contributed by atoms with van der Waals surface area (Å²) in [5.41, 5.74) is 0.0110. The van der Waals surface area contributed by atoms with E-state index in [1.807, 2.05) is 17.0 Å². The maximum absolute atomic E-state index is 12.4. The molecule has 0 aromatic heterocycles. The molecule has 2 saturated heterocycles. The molecule has 2 aliphatic heterocycles. The van der Waals surface area contributed by atoms with Gasteiger partial charge in [0.15, 0.2) is 0 Å². The van der Waals surface area contributed by atoms with Gasteiger partial charge in [0.1, 0.15) is 0 Å². The van der Waals surface area contributed by atoms with E-state index in [0.29, 0.717) is 31.0 Å². The number of carbonyl (C=O) groups is 1. The molecule has 2 aliphatic rings. The molecule has 3 rings (SSSR count). The van der Waals surface area contributed by atoms with E-state index < -0.39 is 5.60 Å². The minimum absolute atomic E-state index is 0.00251. The fourth-order valence-electron chi connectivity index (χ4n) is 3.55. The summed E-state index contributed by atoms with van der Waals surface area (Å²) in [5, 5.41) is 14.7. The number of likely N-dealkylation sites (tertiary alicyclic amines) is 2. The Morgan fingerprint density at radius 2 is 1.75 bits per heavy atom. The van der Waals surface area contributed by atoms with Crippen LogP contribution in [0.25, 0.3) is 0 Å². The van der Waals surface area contributed by atoms with Crippen molar-refractivity contribution in [1.82, 2.24) is 15.1 Å². The zero-order valence-electron chi connectivity index (χ0n) is 14.2. The molecule has 0 unspecified atom stereocenters. The molecule has 1 aromatic rings. The van der Waals surface area contributed by atoms with Crippen molar-refractivity contribution in [2.24, 2.45) is 0 Å². The Bertz CT molecular complexity index is 562. The van der Waals surface area contributed by atoms with Crippen molar-refractivity contribution < 1.29 is 9.90 Å². The van der Waals surface area contributed by atoms with E-state index in [4.69, 9.17) is 11.6 Å². The molecule has 2 N–H and O–H groups in total. The maximum Gasteiger partial charge on any atom is 0.317 e. The van der Waals surface area contributed by atoms with Crippen LogP contribution < -0.4 is 5.32 Å². The van der Waals surface area contributed by atoms with Gasteiger partial charge >= 0.3 is 6.03 Å². The van der Waals surface area contributed by atoms with Crippen molar-refractivity contribution in [3.63, 3.8) is 0 Å². The average molecular weight is 352 g/mol. The van der Waals surface area contributed by atoms with Crippen molar-refractivity contribution in [2.75, 3.05) is 33.2 Å². The topological polar surface area (TPSA) is 55.8 Å². The number of nitrogens with zero attached hydrogens (tertiary/aromatic N) is 2. The van der Waals surface area contributed by atoms with Gasteiger partial charge in [0, 0.05) is 24.2 Å². The smallest absolute Gasteiger partial charge is 0.317 e. The molecule has 1 aromatic carbocycles. The van der Waals surface area contributed by atoms with Crippen molar-refractivity contribution in [3.8, 4) is 0 Å². The summed E-state index contributed by atoms with van der Waals surface area (Å²) in [6, 6.07) is 7.61. The zero-order chi connectivity index (χ0) is 17.2. The Morgan fingerprint density at radius 1 is 1.17 bits per heavy atom. The minimum Gasteiger partial charge on any atom is -0.385 e. The number of halogens is 1. The van der Waals surface area contributed by atoms with Crippen LogP contribution in [0.5, 0.6) is 0 Å². The quantitative estimate of drug-likeness (QED) is 0.860. The number of rotatable bonds is 2. The standard InChI is InChI=1S/C18H26ClN3O2/c1-21-10-6-16(7-11-21)20-17(23)22-12-8-18(24,9-13-22)14-2-4-15(19)5-3-14/h2-5,16,24H,6-13H2,1H3,(H,20,23). The second-order valence-corrected chi connectivity index (χ2v) is 7.49. The van der Waals surface area contributed by atoms with E-state index in [2.05, 4.69) is 17.3 Å². The summed E-state index contributed by atoms with van der Waals surface area (Å²) in [6.07, 6.45) is 3.11. The van der Waals surface area contributed by atoms with Crippen LogP contribution in [0.15, 0.2) is 24.3 Å². The molecule has 132 valence electrons. The molecule has 0 radical (unpaired) electrons. The van der Waals surface area contributed by atoms with Crippen molar-refractivity contribution in [1.29, 1.82) is 0 Å². The van der Waals surface area contributed by atoms with Crippen LogP contribution in [0, 0.1) is 0 Å². The van der Waals surface area contributed by atoms with Crippen LogP contribution in [-0.4, -0.2) is 60.2 Å². The van der Waals surface area contributed by atoms with E-state index >= 15 is 0 Å². The van der Waals surface area contributed by atoms with Crippen LogP contribution in [0.4, 0.5) is 4.79 Å². The lowest BCUT2D eigenvalue weighted by atomic mass is 9.84. The Hall–Kier alpha value is -1.30. The van der Waals surface area contributed by atoms with Gasteiger partial charge in [-0.15, -0.1) is 0 Å². The van der Waals surface area contributed by atoms with E-state index in [0.717, 1.165) is 31.5 Å². The van der Waals surface area contributed by atoms with Crippen LogP contribution in [0.2, 0.25) is 5.02 Å². The summed E-state index contributed by atoms with van der Waals surface area (Å²) < 4.78 is 0. The van der Waals surface area contributed by atoms with Crippen LogP contribution in [-0.2, 0) is 5.60 Å². The van der Waals surface area contributed by atoms with Gasteiger partial charge in [-0.2, -0.15) is 0 Å². The molecular formula is C18H26ClN3O2. The molecule has 0 aliphatic carbocycles. The predicted octanol–water partition coefficient (Wildman–Crippen LogP) is 2.43. The minimum atomic E-state index is -0.866. The highest BCUT2D eigenvalue weighted by atomic mass is 35.5. The normalized spacial score (nSPS) is 22.4. The second-order valence-electron chi connectivity index (χ2n) is 7.05. The number of piperidine rings is 2. The zero-order valence-corrected chi connectivity index (χ0v) is 14.9. The maximum atomic E-state index is 12.4. The SMILES string of the molecule is CN1CCC(NC(=O)N2CCC(O)(c3ccc(Cl)cc3)CC2)CC1. The Balaban J connectivity index is 1.52. The van der Waals surface area contributed by atoms with Gasteiger partial charge in [-0.1, -0.05) is 23.7 Å². The number of carbonyl (C=O) groups excluding carboxylic acids is 1. The third-order valence-corrected chi connectivity index (χ3v) is 5.56. The largest absolute Gasteiger partial charge is 0.385 e. The Labute approximate surface area is 148 Å². The number of nitrogens with one attached hydrogen (secondary N) is 1. The second kappa shape index (κ2) is 7.30.